The molecule has 1 unspecified atom stereocenters. The van der Waals surface area contributed by atoms with Gasteiger partial charge in [0.15, 0.2) is 12.2 Å². The summed E-state index contributed by atoms with van der Waals surface area (Å²) in [4.78, 5) is 42.1. The Kier molecular flexibility index (Phi) is 7.07. The molecule has 2 heterocycles. The summed E-state index contributed by atoms with van der Waals surface area (Å²) >= 11 is 0. The Hall–Kier alpha value is -2.91. The van der Waals surface area contributed by atoms with Crippen molar-refractivity contribution in [3.63, 3.8) is 0 Å². The number of H-pyrrole nitrogens is 1. The van der Waals surface area contributed by atoms with Crippen LogP contribution in [0.25, 0.3) is 0 Å². The molecule has 0 radical (unpaired) electrons. The van der Waals surface area contributed by atoms with Crippen molar-refractivity contribution in [3.8, 4) is 0 Å². The van der Waals surface area contributed by atoms with Crippen LogP contribution in [-0.4, -0.2) is 55.4 Å². The minimum atomic E-state index is -0.675. The maximum atomic E-state index is 12.8. The van der Waals surface area contributed by atoms with Crippen LogP contribution in [0.4, 0.5) is 11.5 Å². The molecule has 4 N–H and O–H groups in total. The number of ether oxygens (including phenoxy) is 1. The topological polar surface area (TPSA) is 115 Å². The number of quaternary nitrogens is 1. The van der Waals surface area contributed by atoms with Crippen molar-refractivity contribution in [2.75, 3.05) is 44.4 Å². The Morgan fingerprint density at radius 3 is 2.70 bits per heavy atom. The van der Waals surface area contributed by atoms with Gasteiger partial charge in [-0.3, -0.25) is 19.1 Å². The summed E-state index contributed by atoms with van der Waals surface area (Å²) in [5.41, 5.74) is 5.73. The van der Waals surface area contributed by atoms with Gasteiger partial charge in [0.2, 0.25) is 0 Å². The highest BCUT2D eigenvalue weighted by Gasteiger charge is 2.25. The molecule has 1 aliphatic rings. The van der Waals surface area contributed by atoms with Gasteiger partial charge < -0.3 is 20.3 Å². The molecule has 9 heteroatoms. The molecule has 0 aliphatic carbocycles. The zero-order valence-electron chi connectivity index (χ0n) is 17.5. The first kappa shape index (κ1) is 21.8. The predicted octanol–water partition coefficient (Wildman–Crippen LogP) is -0.786. The molecule has 0 spiro atoms. The van der Waals surface area contributed by atoms with Gasteiger partial charge in [-0.15, -0.1) is 0 Å². The minimum absolute atomic E-state index is 0.0164. The smallest absolute Gasteiger partial charge is 0.330 e. The zero-order valence-corrected chi connectivity index (χ0v) is 17.5. The number of hydrogen-bond acceptors (Lipinski definition) is 5. The molecular weight excluding hydrogens is 386 g/mol. The Bertz CT molecular complexity index is 979. The van der Waals surface area contributed by atoms with E-state index in [0.29, 0.717) is 0 Å². The average molecular weight is 417 g/mol. The number of hydrogen-bond donors (Lipinski definition) is 3. The largest absolute Gasteiger partial charge is 0.383 e. The third-order valence-electron chi connectivity index (χ3n) is 5.41. The molecule has 2 atom stereocenters. The Labute approximate surface area is 175 Å². The van der Waals surface area contributed by atoms with Gasteiger partial charge in [0.05, 0.1) is 13.6 Å². The molecule has 0 bridgehead atoms. The standard InChI is InChI=1S/C21H29N5O4/c1-24(13-16-10-6-7-11-30-16)14-17(27)25(2)18-19(22)26(21(29)23-20(18)28)12-15-8-4-3-5-9-15/h3-5,8-9,16H,6-7,10-14,22H2,1-2H3,(H,23,28,29)/p+1/t16-/m0/s1. The molecule has 9 nitrogen and oxygen atoms in total. The van der Waals surface area contributed by atoms with E-state index >= 15 is 0 Å². The number of amides is 1. The number of likely N-dealkylation sites (N-methyl/N-ethyl adjacent to an activating group) is 2. The van der Waals surface area contributed by atoms with Crippen LogP contribution in [0.5, 0.6) is 0 Å². The first-order chi connectivity index (χ1) is 14.4. The summed E-state index contributed by atoms with van der Waals surface area (Å²) in [6.07, 6.45) is 3.37. The van der Waals surface area contributed by atoms with Gasteiger partial charge in [-0.2, -0.15) is 0 Å². The summed E-state index contributed by atoms with van der Waals surface area (Å²) in [5, 5.41) is 0. The quantitative estimate of drug-likeness (QED) is 0.548. The van der Waals surface area contributed by atoms with Crippen molar-refractivity contribution in [1.29, 1.82) is 0 Å². The van der Waals surface area contributed by atoms with Gasteiger partial charge >= 0.3 is 5.69 Å². The van der Waals surface area contributed by atoms with E-state index in [4.69, 9.17) is 10.5 Å². The molecule has 3 rings (SSSR count). The molecule has 2 aromatic rings. The Balaban J connectivity index is 1.76. The number of anilines is 2. The Morgan fingerprint density at radius 2 is 2.03 bits per heavy atom. The normalized spacial score (nSPS) is 17.5. The lowest BCUT2D eigenvalue weighted by Crippen LogP contribution is -3.11. The second-order valence-corrected chi connectivity index (χ2v) is 7.84. The predicted molar refractivity (Wildman–Crippen MR) is 115 cm³/mol. The van der Waals surface area contributed by atoms with E-state index in [-0.39, 0.29) is 36.6 Å². The number of carbonyl (C=O) groups excluding carboxylic acids is 1. The highest BCUT2D eigenvalue weighted by atomic mass is 16.5. The highest BCUT2D eigenvalue weighted by Crippen LogP contribution is 2.16. The number of aromatic nitrogens is 2. The second kappa shape index (κ2) is 9.73. The fourth-order valence-corrected chi connectivity index (χ4v) is 3.76. The molecule has 1 fully saturated rings. The van der Waals surface area contributed by atoms with Crippen molar-refractivity contribution < 1.29 is 14.4 Å². The molecule has 1 saturated heterocycles. The van der Waals surface area contributed by atoms with Gasteiger partial charge in [0.25, 0.3) is 11.5 Å². The van der Waals surface area contributed by atoms with Crippen LogP contribution in [0.15, 0.2) is 39.9 Å². The van der Waals surface area contributed by atoms with Crippen molar-refractivity contribution in [3.05, 3.63) is 56.7 Å². The van der Waals surface area contributed by atoms with Crippen molar-refractivity contribution in [1.82, 2.24) is 9.55 Å². The van der Waals surface area contributed by atoms with Gasteiger partial charge in [-0.25, -0.2) is 4.79 Å². The molecule has 1 aromatic heterocycles. The van der Waals surface area contributed by atoms with E-state index in [1.54, 1.807) is 0 Å². The van der Waals surface area contributed by atoms with E-state index in [2.05, 4.69) is 4.98 Å². The molecule has 1 aromatic carbocycles. The SMILES string of the molecule is CN(C(=O)C[NH+](C)C[C@@H]1CCCCO1)c1c(N)n(Cc2ccccc2)c(=O)[nH]c1=O. The van der Waals surface area contributed by atoms with Gasteiger partial charge in [0, 0.05) is 13.7 Å². The lowest BCUT2D eigenvalue weighted by atomic mass is 10.1. The third kappa shape index (κ3) is 5.17. The van der Waals surface area contributed by atoms with E-state index in [9.17, 15) is 14.4 Å². The van der Waals surface area contributed by atoms with Gasteiger partial charge in [0.1, 0.15) is 18.5 Å². The molecular formula is C21H30N5O4+. The fourth-order valence-electron chi connectivity index (χ4n) is 3.76. The molecule has 162 valence electrons. The van der Waals surface area contributed by atoms with Gasteiger partial charge in [-0.1, -0.05) is 30.3 Å². The van der Waals surface area contributed by atoms with Crippen LogP contribution >= 0.6 is 0 Å². The van der Waals surface area contributed by atoms with Crippen molar-refractivity contribution >= 4 is 17.4 Å². The first-order valence-electron chi connectivity index (χ1n) is 10.2. The molecule has 30 heavy (non-hydrogen) atoms. The number of rotatable bonds is 7. The van der Waals surface area contributed by atoms with Crippen LogP contribution < -0.4 is 26.8 Å². The van der Waals surface area contributed by atoms with Crippen LogP contribution in [0.1, 0.15) is 24.8 Å². The minimum Gasteiger partial charge on any atom is -0.383 e. The molecule has 0 saturated carbocycles. The summed E-state index contributed by atoms with van der Waals surface area (Å²) in [6, 6.07) is 9.30. The van der Waals surface area contributed by atoms with E-state index in [1.807, 2.05) is 37.4 Å². The summed E-state index contributed by atoms with van der Waals surface area (Å²) in [6.45, 7) is 1.87. The number of aromatic amines is 1. The number of nitrogens with two attached hydrogens (primary N) is 1. The van der Waals surface area contributed by atoms with E-state index < -0.39 is 11.2 Å². The monoisotopic (exact) mass is 416 g/mol. The maximum Gasteiger partial charge on any atom is 0.330 e. The first-order valence-corrected chi connectivity index (χ1v) is 10.2. The molecule has 1 amide bonds. The van der Waals surface area contributed by atoms with Crippen LogP contribution in [0.2, 0.25) is 0 Å². The van der Waals surface area contributed by atoms with Crippen molar-refractivity contribution in [2.45, 2.75) is 31.9 Å². The maximum absolute atomic E-state index is 12.8. The third-order valence-corrected chi connectivity index (χ3v) is 5.41. The number of nitrogen functional groups attached to an aromatic ring is 1. The summed E-state index contributed by atoms with van der Waals surface area (Å²) in [5.74, 6) is -0.290. The van der Waals surface area contributed by atoms with Crippen LogP contribution in [0.3, 0.4) is 0 Å². The average Bonchev–Trinajstić information content (AvgIpc) is 2.72. The van der Waals surface area contributed by atoms with E-state index in [0.717, 1.165) is 42.9 Å². The number of carbonyl (C=O) groups is 1. The van der Waals surface area contributed by atoms with Crippen molar-refractivity contribution in [2.24, 2.45) is 0 Å². The number of nitrogens with one attached hydrogen (secondary N) is 2. The van der Waals surface area contributed by atoms with E-state index in [1.165, 1.54) is 16.5 Å². The highest BCUT2D eigenvalue weighted by molar-refractivity contribution is 5.95. The summed E-state index contributed by atoms with van der Waals surface area (Å²) < 4.78 is 7.01. The van der Waals surface area contributed by atoms with Crippen LogP contribution in [0, 0.1) is 0 Å². The number of benzene rings is 1. The lowest BCUT2D eigenvalue weighted by molar-refractivity contribution is -0.874. The zero-order chi connectivity index (χ0) is 21.7. The summed E-state index contributed by atoms with van der Waals surface area (Å²) in [7, 11) is 3.43. The number of nitrogens with zero attached hydrogens (tertiary/aromatic N) is 2. The second-order valence-electron chi connectivity index (χ2n) is 7.84. The fraction of sp³-hybridized carbons (Fsp3) is 0.476. The lowest BCUT2D eigenvalue weighted by Gasteiger charge is -2.26. The Morgan fingerprint density at radius 1 is 1.30 bits per heavy atom. The molecule has 1 aliphatic heterocycles. The van der Waals surface area contributed by atoms with Crippen LogP contribution in [-0.2, 0) is 16.1 Å². The van der Waals surface area contributed by atoms with Gasteiger partial charge in [-0.05, 0) is 24.8 Å².